The number of phenolic OH excluding ortho intramolecular Hbond substituents is 3. The van der Waals surface area contributed by atoms with Crippen LogP contribution in [0, 0.1) is 0 Å². The fraction of sp³-hybridized carbons (Fsp3) is 0.536. The van der Waals surface area contributed by atoms with E-state index in [1.54, 1.807) is 12.1 Å². The third-order valence-corrected chi connectivity index (χ3v) is 7.80. The Labute approximate surface area is 208 Å². The van der Waals surface area contributed by atoms with Gasteiger partial charge in [-0.1, -0.05) is 108 Å². The second kappa shape index (κ2) is 14.8. The molecule has 2 rings (SSSR count). The summed E-state index contributed by atoms with van der Waals surface area (Å²) in [5, 5.41) is 40.2. The van der Waals surface area contributed by atoms with Crippen LogP contribution in [0.15, 0.2) is 47.4 Å². The zero-order valence-corrected chi connectivity index (χ0v) is 21.2. The predicted octanol–water partition coefficient (Wildman–Crippen LogP) is 7.97. The SMILES string of the molecule is CCCCCCCCCCCCCCC(Sc1ccc(O)cc1O)(C(=O)O)c1cccc(O)c1. The third-order valence-electron chi connectivity index (χ3n) is 6.27. The van der Waals surface area contributed by atoms with Crippen molar-refractivity contribution >= 4 is 17.7 Å². The van der Waals surface area contributed by atoms with E-state index in [-0.39, 0.29) is 17.2 Å². The molecular weight excluding hydrogens is 448 g/mol. The van der Waals surface area contributed by atoms with Gasteiger partial charge in [-0.2, -0.15) is 0 Å². The molecule has 0 heterocycles. The molecule has 0 aromatic heterocycles. The highest BCUT2D eigenvalue weighted by atomic mass is 32.2. The highest BCUT2D eigenvalue weighted by molar-refractivity contribution is 8.01. The molecule has 0 aliphatic carbocycles. The van der Waals surface area contributed by atoms with Crippen molar-refractivity contribution in [2.24, 2.45) is 0 Å². The Morgan fingerprint density at radius 2 is 1.32 bits per heavy atom. The summed E-state index contributed by atoms with van der Waals surface area (Å²) in [4.78, 5) is 13.0. The minimum absolute atomic E-state index is 0.00773. The van der Waals surface area contributed by atoms with Gasteiger partial charge in [0.25, 0.3) is 0 Å². The first-order valence-corrected chi connectivity index (χ1v) is 13.4. The number of hydrogen-bond donors (Lipinski definition) is 4. The lowest BCUT2D eigenvalue weighted by molar-refractivity contribution is -0.140. The smallest absolute Gasteiger partial charge is 0.324 e. The van der Waals surface area contributed by atoms with E-state index in [0.29, 0.717) is 16.9 Å². The number of aliphatic carboxylic acids is 1. The van der Waals surface area contributed by atoms with Crippen molar-refractivity contribution in [2.45, 2.75) is 100 Å². The minimum Gasteiger partial charge on any atom is -0.508 e. The molecule has 0 saturated heterocycles. The number of aromatic hydroxyl groups is 3. The monoisotopic (exact) mass is 488 g/mol. The van der Waals surface area contributed by atoms with Gasteiger partial charge >= 0.3 is 5.97 Å². The van der Waals surface area contributed by atoms with Gasteiger partial charge in [-0.05, 0) is 36.2 Å². The first-order valence-electron chi connectivity index (χ1n) is 12.6. The second-order valence-corrected chi connectivity index (χ2v) is 10.4. The maximum absolute atomic E-state index is 12.6. The van der Waals surface area contributed by atoms with Gasteiger partial charge in [0.05, 0.1) is 4.90 Å². The number of benzene rings is 2. The molecule has 0 spiro atoms. The summed E-state index contributed by atoms with van der Waals surface area (Å²) in [7, 11) is 0. The molecule has 0 aliphatic heterocycles. The van der Waals surface area contributed by atoms with Crippen LogP contribution in [0.3, 0.4) is 0 Å². The summed E-state index contributed by atoms with van der Waals surface area (Å²) in [6.45, 7) is 2.24. The Morgan fingerprint density at radius 1 is 0.765 bits per heavy atom. The van der Waals surface area contributed by atoms with E-state index in [4.69, 9.17) is 0 Å². The average Bonchev–Trinajstić information content (AvgIpc) is 2.80. The van der Waals surface area contributed by atoms with Gasteiger partial charge in [-0.15, -0.1) is 0 Å². The Morgan fingerprint density at radius 3 is 1.85 bits per heavy atom. The van der Waals surface area contributed by atoms with Crippen LogP contribution in [0.4, 0.5) is 0 Å². The lowest BCUT2D eigenvalue weighted by Crippen LogP contribution is -2.32. The first-order chi connectivity index (χ1) is 16.4. The molecule has 2 aromatic carbocycles. The summed E-state index contributed by atoms with van der Waals surface area (Å²) in [5.41, 5.74) is 0.487. The van der Waals surface area contributed by atoms with Gasteiger partial charge in [0, 0.05) is 6.07 Å². The highest BCUT2D eigenvalue weighted by Crippen LogP contribution is 2.49. The summed E-state index contributed by atoms with van der Waals surface area (Å²) in [6.07, 6.45) is 14.7. The van der Waals surface area contributed by atoms with Crippen molar-refractivity contribution < 1.29 is 25.2 Å². The van der Waals surface area contributed by atoms with Crippen LogP contribution in [0.25, 0.3) is 0 Å². The predicted molar refractivity (Wildman–Crippen MR) is 139 cm³/mol. The third kappa shape index (κ3) is 8.79. The Hall–Kier alpha value is -2.34. The van der Waals surface area contributed by atoms with Crippen molar-refractivity contribution in [3.05, 3.63) is 48.0 Å². The van der Waals surface area contributed by atoms with Crippen molar-refractivity contribution in [1.82, 2.24) is 0 Å². The molecule has 0 radical (unpaired) electrons. The maximum atomic E-state index is 12.6. The van der Waals surface area contributed by atoms with E-state index < -0.39 is 10.7 Å². The molecule has 6 heteroatoms. The van der Waals surface area contributed by atoms with Crippen molar-refractivity contribution in [3.63, 3.8) is 0 Å². The van der Waals surface area contributed by atoms with Crippen LogP contribution < -0.4 is 0 Å². The lowest BCUT2D eigenvalue weighted by Gasteiger charge is -2.30. The molecule has 34 heavy (non-hydrogen) atoms. The molecule has 2 aromatic rings. The van der Waals surface area contributed by atoms with Gasteiger partial charge in [0.1, 0.15) is 22.0 Å². The van der Waals surface area contributed by atoms with Crippen LogP contribution in [-0.2, 0) is 9.54 Å². The number of rotatable bonds is 17. The van der Waals surface area contributed by atoms with E-state index in [0.717, 1.165) is 37.4 Å². The Balaban J connectivity index is 1.95. The fourth-order valence-electron chi connectivity index (χ4n) is 4.28. The number of phenols is 3. The molecule has 0 amide bonds. The Bertz CT molecular complexity index is 885. The van der Waals surface area contributed by atoms with Crippen LogP contribution in [0.5, 0.6) is 17.2 Å². The first kappa shape index (κ1) is 27.9. The van der Waals surface area contributed by atoms with Crippen molar-refractivity contribution in [2.75, 3.05) is 0 Å². The number of carboxylic acid groups (broad SMARTS) is 1. The van der Waals surface area contributed by atoms with E-state index >= 15 is 0 Å². The molecule has 0 aliphatic rings. The zero-order valence-electron chi connectivity index (χ0n) is 20.3. The Kier molecular flexibility index (Phi) is 12.2. The molecule has 0 saturated carbocycles. The highest BCUT2D eigenvalue weighted by Gasteiger charge is 2.42. The maximum Gasteiger partial charge on any atom is 0.324 e. The number of thioether (sulfide) groups is 1. The zero-order chi connectivity index (χ0) is 24.8. The van der Waals surface area contributed by atoms with Crippen LogP contribution in [-0.4, -0.2) is 26.4 Å². The summed E-state index contributed by atoms with van der Waals surface area (Å²) in [5.74, 6) is -1.25. The van der Waals surface area contributed by atoms with Gasteiger partial charge in [-0.3, -0.25) is 4.79 Å². The molecule has 0 bridgehead atoms. The summed E-state index contributed by atoms with van der Waals surface area (Å²) in [6, 6.07) is 10.5. The standard InChI is InChI=1S/C28H40O5S/c1-2-3-4-5-6-7-8-9-10-11-12-13-19-28(27(32)33,22-15-14-16-23(29)20-22)34-26-18-17-24(30)21-25(26)31/h14-18,20-21,29-31H,2-13,19H2,1H3,(H,32,33). The van der Waals surface area contributed by atoms with Crippen molar-refractivity contribution in [3.8, 4) is 17.2 Å². The lowest BCUT2D eigenvalue weighted by atomic mass is 9.91. The van der Waals surface area contributed by atoms with E-state index in [2.05, 4.69) is 6.92 Å². The van der Waals surface area contributed by atoms with E-state index in [1.165, 1.54) is 81.7 Å². The summed E-state index contributed by atoms with van der Waals surface area (Å²) >= 11 is 1.05. The molecule has 1 atom stereocenters. The average molecular weight is 489 g/mol. The second-order valence-electron chi connectivity index (χ2n) is 9.08. The number of unbranched alkanes of at least 4 members (excludes halogenated alkanes) is 11. The van der Waals surface area contributed by atoms with E-state index in [1.807, 2.05) is 0 Å². The molecule has 188 valence electrons. The van der Waals surface area contributed by atoms with E-state index in [9.17, 15) is 25.2 Å². The minimum atomic E-state index is -1.36. The van der Waals surface area contributed by atoms with Gasteiger partial charge < -0.3 is 20.4 Å². The number of carboxylic acids is 1. The van der Waals surface area contributed by atoms with Crippen LogP contribution >= 0.6 is 11.8 Å². The van der Waals surface area contributed by atoms with Crippen LogP contribution in [0.2, 0.25) is 0 Å². The molecular formula is C28H40O5S. The normalized spacial score (nSPS) is 13.0. The topological polar surface area (TPSA) is 98.0 Å². The molecule has 5 nitrogen and oxygen atoms in total. The quantitative estimate of drug-likeness (QED) is 0.133. The fourth-order valence-corrected chi connectivity index (χ4v) is 5.53. The van der Waals surface area contributed by atoms with Gasteiger partial charge in [0.15, 0.2) is 0 Å². The molecule has 4 N–H and O–H groups in total. The van der Waals surface area contributed by atoms with Gasteiger partial charge in [-0.25, -0.2) is 0 Å². The van der Waals surface area contributed by atoms with Crippen LogP contribution in [0.1, 0.15) is 96.0 Å². The molecule has 1 unspecified atom stereocenters. The largest absolute Gasteiger partial charge is 0.508 e. The summed E-state index contributed by atoms with van der Waals surface area (Å²) < 4.78 is -1.36. The number of carbonyl (C=O) groups is 1. The molecule has 0 fully saturated rings. The van der Waals surface area contributed by atoms with Crippen molar-refractivity contribution in [1.29, 1.82) is 0 Å². The number of hydrogen-bond acceptors (Lipinski definition) is 5. The van der Waals surface area contributed by atoms with Gasteiger partial charge in [0.2, 0.25) is 0 Å².